The summed E-state index contributed by atoms with van der Waals surface area (Å²) in [5.41, 5.74) is 0.639. The van der Waals surface area contributed by atoms with Crippen molar-refractivity contribution in [2.45, 2.75) is 44.6 Å². The van der Waals surface area contributed by atoms with Gasteiger partial charge in [0.2, 0.25) is 0 Å². The van der Waals surface area contributed by atoms with Crippen LogP contribution >= 0.6 is 0 Å². The normalized spacial score (nSPS) is 16.3. The fourth-order valence-electron chi connectivity index (χ4n) is 2.37. The monoisotopic (exact) mass is 262 g/mol. The highest BCUT2D eigenvalue weighted by Gasteiger charge is 2.15. The van der Waals surface area contributed by atoms with Gasteiger partial charge in [0, 0.05) is 6.07 Å². The number of aliphatic hydroxyl groups excluding tert-OH is 1. The Morgan fingerprint density at radius 2 is 1.95 bits per heavy atom. The van der Waals surface area contributed by atoms with Crippen molar-refractivity contribution in [2.75, 3.05) is 6.61 Å². The molecule has 0 atom stereocenters. The molecule has 102 valence electrons. The number of ether oxygens (including phenoxy) is 1. The highest BCUT2D eigenvalue weighted by Crippen LogP contribution is 2.26. The minimum absolute atomic E-state index is 0.152. The Kier molecular flexibility index (Phi) is 5.23. The number of rotatable bonds is 2. The van der Waals surface area contributed by atoms with Crippen molar-refractivity contribution in [3.63, 3.8) is 0 Å². The molecule has 1 aliphatic rings. The summed E-state index contributed by atoms with van der Waals surface area (Å²) in [5.74, 6) is 5.55. The van der Waals surface area contributed by atoms with Gasteiger partial charge in [-0.3, -0.25) is 0 Å². The molecule has 1 saturated carbocycles. The number of halogens is 1. The van der Waals surface area contributed by atoms with Gasteiger partial charge in [-0.05, 0) is 37.8 Å². The van der Waals surface area contributed by atoms with E-state index in [2.05, 4.69) is 11.8 Å². The molecule has 0 heterocycles. The van der Waals surface area contributed by atoms with Crippen LogP contribution in [0.5, 0.6) is 5.75 Å². The minimum Gasteiger partial charge on any atom is -0.489 e. The molecule has 1 aromatic rings. The quantitative estimate of drug-likeness (QED) is 0.654. The first-order valence-electron chi connectivity index (χ1n) is 6.85. The fourth-order valence-corrected chi connectivity index (χ4v) is 2.37. The minimum atomic E-state index is -0.321. The molecule has 0 bridgehead atoms. The molecule has 0 spiro atoms. The summed E-state index contributed by atoms with van der Waals surface area (Å²) in [7, 11) is 0. The van der Waals surface area contributed by atoms with Gasteiger partial charge in [0.15, 0.2) is 0 Å². The second kappa shape index (κ2) is 7.16. The van der Waals surface area contributed by atoms with Crippen LogP contribution in [0.3, 0.4) is 0 Å². The van der Waals surface area contributed by atoms with E-state index in [1.54, 1.807) is 6.07 Å². The average molecular weight is 262 g/mol. The maximum absolute atomic E-state index is 13.3. The average Bonchev–Trinajstić information content (AvgIpc) is 2.66. The standard InChI is InChI=1S/C16H19FO2/c17-14-10-9-13(6-5-11-18)16(12-14)19-15-7-3-1-2-4-8-15/h9-10,12,15,18H,1-4,7-8,11H2. The van der Waals surface area contributed by atoms with Crippen molar-refractivity contribution in [1.82, 2.24) is 0 Å². The van der Waals surface area contributed by atoms with Crippen LogP contribution in [0.1, 0.15) is 44.1 Å². The second-order valence-corrected chi connectivity index (χ2v) is 4.83. The summed E-state index contributed by atoms with van der Waals surface area (Å²) in [6.07, 6.45) is 7.02. The summed E-state index contributed by atoms with van der Waals surface area (Å²) >= 11 is 0. The maximum Gasteiger partial charge on any atom is 0.138 e. The Balaban J connectivity index is 2.14. The summed E-state index contributed by atoms with van der Waals surface area (Å²) in [6.45, 7) is -0.208. The summed E-state index contributed by atoms with van der Waals surface area (Å²) in [4.78, 5) is 0. The number of hydrogen-bond donors (Lipinski definition) is 1. The lowest BCUT2D eigenvalue weighted by Gasteiger charge is -2.18. The number of hydrogen-bond acceptors (Lipinski definition) is 2. The Bertz CT molecular complexity index is 465. The van der Waals surface area contributed by atoms with E-state index < -0.39 is 0 Å². The van der Waals surface area contributed by atoms with E-state index in [0.717, 1.165) is 25.7 Å². The van der Waals surface area contributed by atoms with Crippen LogP contribution < -0.4 is 4.74 Å². The Hall–Kier alpha value is -1.53. The topological polar surface area (TPSA) is 29.5 Å². The van der Waals surface area contributed by atoms with Crippen LogP contribution in [0.15, 0.2) is 18.2 Å². The van der Waals surface area contributed by atoms with E-state index in [1.807, 2.05) is 0 Å². The van der Waals surface area contributed by atoms with Gasteiger partial charge in [-0.1, -0.05) is 24.7 Å². The van der Waals surface area contributed by atoms with Gasteiger partial charge >= 0.3 is 0 Å². The zero-order chi connectivity index (χ0) is 13.5. The molecule has 2 nitrogen and oxygen atoms in total. The third-order valence-corrected chi connectivity index (χ3v) is 3.34. The van der Waals surface area contributed by atoms with E-state index in [0.29, 0.717) is 11.3 Å². The summed E-state index contributed by atoms with van der Waals surface area (Å²) in [6, 6.07) is 4.34. The van der Waals surface area contributed by atoms with E-state index in [-0.39, 0.29) is 18.5 Å². The highest BCUT2D eigenvalue weighted by atomic mass is 19.1. The molecule has 0 unspecified atom stereocenters. The molecule has 0 aromatic heterocycles. The van der Waals surface area contributed by atoms with Gasteiger partial charge in [0.05, 0.1) is 11.7 Å². The molecule has 1 N–H and O–H groups in total. The largest absolute Gasteiger partial charge is 0.489 e. The first-order chi connectivity index (χ1) is 9.29. The zero-order valence-corrected chi connectivity index (χ0v) is 11.0. The lowest BCUT2D eigenvalue weighted by molar-refractivity contribution is 0.182. The molecule has 1 aliphatic carbocycles. The van der Waals surface area contributed by atoms with Crippen LogP contribution in [0.25, 0.3) is 0 Å². The van der Waals surface area contributed by atoms with Gasteiger partial charge < -0.3 is 9.84 Å². The Morgan fingerprint density at radius 1 is 1.21 bits per heavy atom. The molecule has 3 heteroatoms. The second-order valence-electron chi connectivity index (χ2n) is 4.83. The number of benzene rings is 1. The Morgan fingerprint density at radius 3 is 2.63 bits per heavy atom. The third-order valence-electron chi connectivity index (χ3n) is 3.34. The molecule has 0 saturated heterocycles. The predicted octanol–water partition coefficient (Wildman–Crippen LogP) is 3.27. The first-order valence-corrected chi connectivity index (χ1v) is 6.85. The Labute approximate surface area is 113 Å². The van der Waals surface area contributed by atoms with Gasteiger partial charge in [-0.25, -0.2) is 4.39 Å². The molecule has 0 aliphatic heterocycles. The molecule has 1 aromatic carbocycles. The molecule has 19 heavy (non-hydrogen) atoms. The van der Waals surface area contributed by atoms with Gasteiger partial charge in [0.25, 0.3) is 0 Å². The maximum atomic E-state index is 13.3. The third kappa shape index (κ3) is 4.25. The summed E-state index contributed by atoms with van der Waals surface area (Å²) in [5, 5.41) is 8.74. The van der Waals surface area contributed by atoms with Crippen molar-refractivity contribution in [2.24, 2.45) is 0 Å². The molecule has 1 fully saturated rings. The molecular formula is C16H19FO2. The van der Waals surface area contributed by atoms with Crippen molar-refractivity contribution in [1.29, 1.82) is 0 Å². The van der Waals surface area contributed by atoms with E-state index in [4.69, 9.17) is 9.84 Å². The van der Waals surface area contributed by atoms with Gasteiger partial charge in [-0.15, -0.1) is 0 Å². The van der Waals surface area contributed by atoms with Crippen molar-refractivity contribution in [3.8, 4) is 17.6 Å². The van der Waals surface area contributed by atoms with Crippen LogP contribution in [0, 0.1) is 17.7 Å². The molecule has 2 rings (SSSR count). The van der Waals surface area contributed by atoms with E-state index >= 15 is 0 Å². The van der Waals surface area contributed by atoms with E-state index in [1.165, 1.54) is 25.0 Å². The first kappa shape index (κ1) is 13.9. The zero-order valence-electron chi connectivity index (χ0n) is 11.0. The fraction of sp³-hybridized carbons (Fsp3) is 0.500. The molecule has 0 radical (unpaired) electrons. The van der Waals surface area contributed by atoms with Crippen LogP contribution in [0.4, 0.5) is 4.39 Å². The lowest BCUT2D eigenvalue weighted by Crippen LogP contribution is -2.15. The van der Waals surface area contributed by atoms with Gasteiger partial charge in [0.1, 0.15) is 18.2 Å². The van der Waals surface area contributed by atoms with Crippen LogP contribution in [0.2, 0.25) is 0 Å². The van der Waals surface area contributed by atoms with Crippen molar-refractivity contribution >= 4 is 0 Å². The van der Waals surface area contributed by atoms with Crippen molar-refractivity contribution < 1.29 is 14.2 Å². The van der Waals surface area contributed by atoms with E-state index in [9.17, 15) is 4.39 Å². The predicted molar refractivity (Wildman–Crippen MR) is 72.5 cm³/mol. The smallest absolute Gasteiger partial charge is 0.138 e. The summed E-state index contributed by atoms with van der Waals surface area (Å²) < 4.78 is 19.2. The number of aliphatic hydroxyl groups is 1. The van der Waals surface area contributed by atoms with Crippen LogP contribution in [-0.4, -0.2) is 17.8 Å². The van der Waals surface area contributed by atoms with Gasteiger partial charge in [-0.2, -0.15) is 0 Å². The highest BCUT2D eigenvalue weighted by molar-refractivity contribution is 5.46. The lowest BCUT2D eigenvalue weighted by atomic mass is 10.1. The molecule has 0 amide bonds. The molecular weight excluding hydrogens is 243 g/mol. The van der Waals surface area contributed by atoms with Crippen LogP contribution in [-0.2, 0) is 0 Å². The SMILES string of the molecule is OCC#Cc1ccc(F)cc1OC1CCCCCC1. The van der Waals surface area contributed by atoms with Crippen molar-refractivity contribution in [3.05, 3.63) is 29.6 Å².